The largest absolute Gasteiger partial charge is 0.486 e. The first-order valence-corrected chi connectivity index (χ1v) is 14.3. The van der Waals surface area contributed by atoms with Gasteiger partial charge in [-0.05, 0) is 91.4 Å². The van der Waals surface area contributed by atoms with Gasteiger partial charge in [0.15, 0.2) is 5.76 Å². The number of nitrogens with one attached hydrogen (secondary N) is 1. The summed E-state index contributed by atoms with van der Waals surface area (Å²) >= 11 is 0. The summed E-state index contributed by atoms with van der Waals surface area (Å²) in [4.78, 5) is 29.9. The molecule has 7 nitrogen and oxygen atoms in total. The molecule has 3 heterocycles. The van der Waals surface area contributed by atoms with Crippen LogP contribution in [0.25, 0.3) is 0 Å². The number of hydrogen-bond acceptors (Lipinski definition) is 5. The van der Waals surface area contributed by atoms with E-state index in [1.807, 2.05) is 43.0 Å². The second kappa shape index (κ2) is 12.7. The standard InChI is InChI=1S/C32H38FN3O4/c1-22(2)18-30(37)36-16-12-23-8-9-26(20-28(23)31(36)24-6-5-7-25(33)19-24)39-21-27-10-11-29(40-27)32(38)34-13-17-35-14-3-4-15-35/h5-11,19-20,22,31H,3-4,12-18,21H2,1-2H3,(H,34,38). The van der Waals surface area contributed by atoms with Crippen LogP contribution in [0.5, 0.6) is 5.75 Å². The van der Waals surface area contributed by atoms with E-state index in [0.29, 0.717) is 31.0 Å². The van der Waals surface area contributed by atoms with E-state index in [2.05, 4.69) is 10.2 Å². The van der Waals surface area contributed by atoms with E-state index in [0.717, 1.165) is 42.7 Å². The van der Waals surface area contributed by atoms with Gasteiger partial charge in [-0.1, -0.05) is 32.0 Å². The maximum Gasteiger partial charge on any atom is 0.287 e. The van der Waals surface area contributed by atoms with Crippen molar-refractivity contribution in [2.24, 2.45) is 5.92 Å². The molecule has 1 atom stereocenters. The number of fused-ring (bicyclic) bond motifs is 1. The van der Waals surface area contributed by atoms with Crippen LogP contribution in [-0.2, 0) is 17.8 Å². The molecule has 1 N–H and O–H groups in total. The van der Waals surface area contributed by atoms with Crippen molar-refractivity contribution in [3.63, 3.8) is 0 Å². The van der Waals surface area contributed by atoms with Gasteiger partial charge in [0.05, 0.1) is 6.04 Å². The highest BCUT2D eigenvalue weighted by molar-refractivity contribution is 5.91. The van der Waals surface area contributed by atoms with Crippen molar-refractivity contribution in [3.8, 4) is 5.75 Å². The van der Waals surface area contributed by atoms with Crippen LogP contribution in [0.1, 0.15) is 72.2 Å². The van der Waals surface area contributed by atoms with Crippen molar-refractivity contribution in [2.75, 3.05) is 32.7 Å². The second-order valence-electron chi connectivity index (χ2n) is 11.1. The first-order chi connectivity index (χ1) is 19.4. The highest BCUT2D eigenvalue weighted by atomic mass is 19.1. The van der Waals surface area contributed by atoms with Gasteiger partial charge in [-0.25, -0.2) is 4.39 Å². The van der Waals surface area contributed by atoms with Crippen LogP contribution < -0.4 is 10.1 Å². The number of halogens is 1. The van der Waals surface area contributed by atoms with Crippen LogP contribution in [0, 0.1) is 11.7 Å². The fourth-order valence-corrected chi connectivity index (χ4v) is 5.61. The summed E-state index contributed by atoms with van der Waals surface area (Å²) in [5, 5.41) is 2.92. The van der Waals surface area contributed by atoms with Crippen LogP contribution in [0.3, 0.4) is 0 Å². The molecule has 1 aromatic heterocycles. The van der Waals surface area contributed by atoms with Crippen LogP contribution >= 0.6 is 0 Å². The predicted molar refractivity (Wildman–Crippen MR) is 151 cm³/mol. The Balaban J connectivity index is 1.27. The molecule has 1 saturated heterocycles. The summed E-state index contributed by atoms with van der Waals surface area (Å²) in [7, 11) is 0. The lowest BCUT2D eigenvalue weighted by atomic mass is 9.87. The minimum absolute atomic E-state index is 0.0584. The van der Waals surface area contributed by atoms with Gasteiger partial charge in [0, 0.05) is 26.1 Å². The van der Waals surface area contributed by atoms with Gasteiger partial charge in [-0.15, -0.1) is 0 Å². The van der Waals surface area contributed by atoms with Crippen LogP contribution in [0.2, 0.25) is 0 Å². The quantitative estimate of drug-likeness (QED) is 0.371. The number of ether oxygens (including phenoxy) is 1. The van der Waals surface area contributed by atoms with Gasteiger partial charge in [-0.3, -0.25) is 9.59 Å². The second-order valence-corrected chi connectivity index (χ2v) is 11.1. The zero-order chi connectivity index (χ0) is 28.1. The van der Waals surface area contributed by atoms with Crippen molar-refractivity contribution in [1.29, 1.82) is 0 Å². The first-order valence-electron chi connectivity index (χ1n) is 14.3. The molecular formula is C32H38FN3O4. The smallest absolute Gasteiger partial charge is 0.287 e. The normalized spacial score (nSPS) is 17.2. The maximum atomic E-state index is 14.3. The van der Waals surface area contributed by atoms with Gasteiger partial charge in [0.1, 0.15) is 23.9 Å². The Morgan fingerprint density at radius 2 is 1.90 bits per heavy atom. The van der Waals surface area contributed by atoms with E-state index in [1.165, 1.54) is 25.0 Å². The monoisotopic (exact) mass is 547 g/mol. The Kier molecular flexibility index (Phi) is 8.85. The molecule has 2 aliphatic rings. The van der Waals surface area contributed by atoms with Crippen LogP contribution in [-0.4, -0.2) is 54.3 Å². The molecule has 0 aliphatic carbocycles. The number of likely N-dealkylation sites (tertiary alicyclic amines) is 1. The number of amides is 2. The molecule has 0 saturated carbocycles. The summed E-state index contributed by atoms with van der Waals surface area (Å²) in [6.07, 6.45) is 3.60. The Labute approximate surface area is 235 Å². The van der Waals surface area contributed by atoms with E-state index in [4.69, 9.17) is 9.15 Å². The Morgan fingerprint density at radius 1 is 1.07 bits per heavy atom. The third-order valence-corrected chi connectivity index (χ3v) is 7.59. The Hall–Kier alpha value is -3.65. The lowest BCUT2D eigenvalue weighted by Crippen LogP contribution is -2.41. The number of benzene rings is 2. The zero-order valence-corrected chi connectivity index (χ0v) is 23.3. The molecule has 0 spiro atoms. The molecule has 0 radical (unpaired) electrons. The highest BCUT2D eigenvalue weighted by Crippen LogP contribution is 2.38. The molecule has 1 unspecified atom stereocenters. The average molecular weight is 548 g/mol. The van der Waals surface area contributed by atoms with E-state index < -0.39 is 6.04 Å². The van der Waals surface area contributed by atoms with E-state index in [1.54, 1.807) is 18.2 Å². The van der Waals surface area contributed by atoms with Gasteiger partial charge in [-0.2, -0.15) is 0 Å². The molecule has 3 aromatic rings. The SMILES string of the molecule is CC(C)CC(=O)N1CCc2ccc(OCc3ccc(C(=O)NCCN4CCCC4)o3)cc2C1c1cccc(F)c1. The molecule has 0 bridgehead atoms. The Bertz CT molecular complexity index is 1330. The number of carbonyl (C=O) groups is 2. The van der Waals surface area contributed by atoms with Gasteiger partial charge in [0.25, 0.3) is 5.91 Å². The summed E-state index contributed by atoms with van der Waals surface area (Å²) in [6.45, 7) is 8.40. The number of furan rings is 1. The molecule has 212 valence electrons. The fraction of sp³-hybridized carbons (Fsp3) is 0.438. The molecule has 8 heteroatoms. The number of rotatable bonds is 10. The molecular weight excluding hydrogens is 509 g/mol. The van der Waals surface area contributed by atoms with Gasteiger partial charge >= 0.3 is 0 Å². The molecule has 1 fully saturated rings. The lowest BCUT2D eigenvalue weighted by molar-refractivity contribution is -0.134. The van der Waals surface area contributed by atoms with Crippen molar-refractivity contribution < 1.29 is 23.1 Å². The van der Waals surface area contributed by atoms with Crippen molar-refractivity contribution in [2.45, 2.75) is 52.2 Å². The third kappa shape index (κ3) is 6.73. The zero-order valence-electron chi connectivity index (χ0n) is 23.3. The first kappa shape index (κ1) is 27.9. The van der Waals surface area contributed by atoms with E-state index in [9.17, 15) is 14.0 Å². The summed E-state index contributed by atoms with van der Waals surface area (Å²) in [5.41, 5.74) is 2.78. The maximum absolute atomic E-state index is 14.3. The molecule has 2 aliphatic heterocycles. The summed E-state index contributed by atoms with van der Waals surface area (Å²) < 4.78 is 26.1. The molecule has 2 amide bonds. The minimum Gasteiger partial charge on any atom is -0.486 e. The molecule has 5 rings (SSSR count). The number of carbonyl (C=O) groups excluding carboxylic acids is 2. The van der Waals surface area contributed by atoms with Crippen LogP contribution in [0.4, 0.5) is 4.39 Å². The summed E-state index contributed by atoms with van der Waals surface area (Å²) in [5.74, 6) is 1.13. The molecule has 2 aromatic carbocycles. The topological polar surface area (TPSA) is 75.0 Å². The van der Waals surface area contributed by atoms with E-state index in [-0.39, 0.29) is 35.9 Å². The van der Waals surface area contributed by atoms with Crippen molar-refractivity contribution >= 4 is 11.8 Å². The van der Waals surface area contributed by atoms with Crippen molar-refractivity contribution in [1.82, 2.24) is 15.1 Å². The average Bonchev–Trinajstić information content (AvgIpc) is 3.63. The fourth-order valence-electron chi connectivity index (χ4n) is 5.61. The molecule has 40 heavy (non-hydrogen) atoms. The van der Waals surface area contributed by atoms with E-state index >= 15 is 0 Å². The van der Waals surface area contributed by atoms with Crippen LogP contribution in [0.15, 0.2) is 59.0 Å². The summed E-state index contributed by atoms with van der Waals surface area (Å²) in [6, 6.07) is 15.3. The number of nitrogens with zero attached hydrogens (tertiary/aromatic N) is 2. The van der Waals surface area contributed by atoms with Gasteiger partial charge in [0.2, 0.25) is 5.91 Å². The van der Waals surface area contributed by atoms with Crippen molar-refractivity contribution in [3.05, 3.63) is 88.6 Å². The Morgan fingerprint density at radius 3 is 2.67 bits per heavy atom. The highest BCUT2D eigenvalue weighted by Gasteiger charge is 2.32. The minimum atomic E-state index is -0.395. The third-order valence-electron chi connectivity index (χ3n) is 7.59. The van der Waals surface area contributed by atoms with Gasteiger partial charge < -0.3 is 24.3 Å². The number of hydrogen-bond donors (Lipinski definition) is 1. The predicted octanol–water partition coefficient (Wildman–Crippen LogP) is 5.34. The lowest BCUT2D eigenvalue weighted by Gasteiger charge is -2.38.